The molecule has 1 aromatic heterocycles. The van der Waals surface area contributed by atoms with Crippen molar-refractivity contribution in [2.75, 3.05) is 6.54 Å². The Bertz CT molecular complexity index is 572. The third-order valence-corrected chi connectivity index (χ3v) is 4.49. The van der Waals surface area contributed by atoms with Crippen molar-refractivity contribution in [2.45, 2.75) is 25.9 Å². The van der Waals surface area contributed by atoms with Gasteiger partial charge in [-0.1, -0.05) is 29.8 Å². The summed E-state index contributed by atoms with van der Waals surface area (Å²) in [4.78, 5) is 14.4. The van der Waals surface area contributed by atoms with Crippen molar-refractivity contribution in [3.8, 4) is 0 Å². The van der Waals surface area contributed by atoms with Crippen molar-refractivity contribution in [2.24, 2.45) is 0 Å². The molecule has 22 heavy (non-hydrogen) atoms. The Hall–Kier alpha value is -1.07. The lowest BCUT2D eigenvalue weighted by Crippen LogP contribution is -2.38. The molecule has 1 N–H and O–H groups in total. The Morgan fingerprint density at radius 3 is 2.55 bits per heavy atom. The van der Waals surface area contributed by atoms with Crippen LogP contribution in [0.5, 0.6) is 0 Å². The van der Waals surface area contributed by atoms with Gasteiger partial charge in [0.05, 0.1) is 6.54 Å². The van der Waals surface area contributed by atoms with Crippen molar-refractivity contribution in [1.82, 2.24) is 4.90 Å². The molecule has 1 atom stereocenters. The highest BCUT2D eigenvalue weighted by atomic mass is 35.5. The van der Waals surface area contributed by atoms with Crippen LogP contribution in [-0.2, 0) is 17.8 Å². The lowest BCUT2D eigenvalue weighted by molar-refractivity contribution is -0.139. The number of carboxylic acid groups (broad SMARTS) is 1. The maximum Gasteiger partial charge on any atom is 0.317 e. The summed E-state index contributed by atoms with van der Waals surface area (Å²) >= 11 is 7.59. The second-order valence-electron chi connectivity index (χ2n) is 5.06. The molecule has 0 saturated heterocycles. The van der Waals surface area contributed by atoms with Crippen molar-refractivity contribution >= 4 is 41.3 Å². The highest BCUT2D eigenvalue weighted by molar-refractivity contribution is 7.09. The topological polar surface area (TPSA) is 40.5 Å². The summed E-state index contributed by atoms with van der Waals surface area (Å²) in [6, 6.07) is 11.8. The molecular weight excluding hydrogens is 341 g/mol. The minimum atomic E-state index is -0.804. The summed E-state index contributed by atoms with van der Waals surface area (Å²) in [7, 11) is 0. The van der Waals surface area contributed by atoms with Gasteiger partial charge in [0.2, 0.25) is 0 Å². The molecular formula is C16H19Cl2NO2S. The highest BCUT2D eigenvalue weighted by Crippen LogP contribution is 2.17. The Labute approximate surface area is 145 Å². The molecule has 120 valence electrons. The zero-order chi connectivity index (χ0) is 15.2. The van der Waals surface area contributed by atoms with Gasteiger partial charge >= 0.3 is 5.97 Å². The van der Waals surface area contributed by atoms with Crippen molar-refractivity contribution in [3.63, 3.8) is 0 Å². The number of benzene rings is 1. The van der Waals surface area contributed by atoms with Gasteiger partial charge in [0.1, 0.15) is 0 Å². The fourth-order valence-corrected chi connectivity index (χ4v) is 3.17. The summed E-state index contributed by atoms with van der Waals surface area (Å²) in [5, 5.41) is 11.9. The second kappa shape index (κ2) is 9.16. The third-order valence-electron chi connectivity index (χ3n) is 3.34. The van der Waals surface area contributed by atoms with Gasteiger partial charge in [0.25, 0.3) is 0 Å². The van der Waals surface area contributed by atoms with E-state index in [0.29, 0.717) is 11.6 Å². The lowest BCUT2D eigenvalue weighted by Gasteiger charge is -2.27. The first-order valence-corrected chi connectivity index (χ1v) is 8.03. The number of thiophene rings is 1. The fraction of sp³-hybridized carbons (Fsp3) is 0.312. The molecule has 0 amide bonds. The van der Waals surface area contributed by atoms with E-state index >= 15 is 0 Å². The number of aliphatic carboxylic acids is 1. The first-order valence-electron chi connectivity index (χ1n) is 6.77. The van der Waals surface area contributed by atoms with Gasteiger partial charge in [-0.25, -0.2) is 0 Å². The van der Waals surface area contributed by atoms with Gasteiger partial charge in [-0.2, -0.15) is 0 Å². The van der Waals surface area contributed by atoms with E-state index in [1.165, 1.54) is 4.88 Å². The van der Waals surface area contributed by atoms with Crippen LogP contribution in [-0.4, -0.2) is 28.6 Å². The quantitative estimate of drug-likeness (QED) is 0.799. The molecule has 1 heterocycles. The smallest absolute Gasteiger partial charge is 0.317 e. The monoisotopic (exact) mass is 359 g/mol. The summed E-state index contributed by atoms with van der Waals surface area (Å²) in [6.45, 7) is 2.71. The lowest BCUT2D eigenvalue weighted by atomic mass is 10.1. The zero-order valence-corrected chi connectivity index (χ0v) is 14.6. The fourth-order valence-electron chi connectivity index (χ4n) is 2.21. The Morgan fingerprint density at radius 1 is 1.32 bits per heavy atom. The average molecular weight is 360 g/mol. The maximum absolute atomic E-state index is 11.1. The van der Waals surface area contributed by atoms with E-state index in [0.717, 1.165) is 12.0 Å². The summed E-state index contributed by atoms with van der Waals surface area (Å²) in [5.41, 5.74) is 1.07. The van der Waals surface area contributed by atoms with Crippen LogP contribution < -0.4 is 0 Å². The van der Waals surface area contributed by atoms with Crippen molar-refractivity contribution in [1.29, 1.82) is 0 Å². The van der Waals surface area contributed by atoms with Crippen molar-refractivity contribution in [3.05, 3.63) is 57.2 Å². The van der Waals surface area contributed by atoms with Crippen LogP contribution in [0, 0.1) is 0 Å². The van der Waals surface area contributed by atoms with Crippen LogP contribution in [0.3, 0.4) is 0 Å². The largest absolute Gasteiger partial charge is 0.480 e. The highest BCUT2D eigenvalue weighted by Gasteiger charge is 2.18. The molecule has 1 unspecified atom stereocenters. The molecule has 2 aromatic rings. The molecule has 3 nitrogen and oxygen atoms in total. The minimum Gasteiger partial charge on any atom is -0.480 e. The van der Waals surface area contributed by atoms with Gasteiger partial charge in [-0.3, -0.25) is 9.69 Å². The van der Waals surface area contributed by atoms with Crippen LogP contribution >= 0.6 is 35.3 Å². The van der Waals surface area contributed by atoms with Gasteiger partial charge in [0.15, 0.2) is 0 Å². The average Bonchev–Trinajstić information content (AvgIpc) is 2.93. The van der Waals surface area contributed by atoms with Gasteiger partial charge in [0, 0.05) is 22.5 Å². The first kappa shape index (κ1) is 19.0. The van der Waals surface area contributed by atoms with Gasteiger partial charge in [-0.15, -0.1) is 23.7 Å². The molecule has 0 spiro atoms. The number of rotatable bonds is 7. The number of nitrogens with zero attached hydrogens (tertiary/aromatic N) is 1. The normalized spacial score (nSPS) is 12.0. The van der Waals surface area contributed by atoms with Crippen LogP contribution in [0.4, 0.5) is 0 Å². The summed E-state index contributed by atoms with van der Waals surface area (Å²) < 4.78 is 0. The number of hydrogen-bond acceptors (Lipinski definition) is 3. The standard InChI is InChI=1S/C16H18ClNO2S.ClH/c1-12(9-15-3-2-8-21-15)18(11-16(19)20)10-13-4-6-14(17)7-5-13;/h2-8,12H,9-11H2,1H3,(H,19,20);1H. The molecule has 0 aliphatic heterocycles. The minimum absolute atomic E-state index is 0. The molecule has 0 radical (unpaired) electrons. The Kier molecular flexibility index (Phi) is 7.90. The maximum atomic E-state index is 11.1. The van der Waals surface area contributed by atoms with E-state index < -0.39 is 5.97 Å². The van der Waals surface area contributed by atoms with E-state index in [4.69, 9.17) is 16.7 Å². The van der Waals surface area contributed by atoms with Crippen LogP contribution in [0.25, 0.3) is 0 Å². The molecule has 6 heteroatoms. The number of halogens is 2. The Balaban J connectivity index is 0.00000242. The predicted octanol–water partition coefficient (Wildman–Crippen LogP) is 4.34. The van der Waals surface area contributed by atoms with E-state index in [2.05, 4.69) is 13.0 Å². The van der Waals surface area contributed by atoms with E-state index in [9.17, 15) is 4.79 Å². The van der Waals surface area contributed by atoms with Crippen LogP contribution in [0.1, 0.15) is 17.4 Å². The SMILES string of the molecule is CC(Cc1cccs1)N(CC(=O)O)Cc1ccc(Cl)cc1.Cl. The first-order chi connectivity index (χ1) is 10.0. The van der Waals surface area contributed by atoms with Crippen molar-refractivity contribution < 1.29 is 9.90 Å². The summed E-state index contributed by atoms with van der Waals surface area (Å²) in [6.07, 6.45) is 0.860. The van der Waals surface area contributed by atoms with E-state index in [-0.39, 0.29) is 25.0 Å². The zero-order valence-electron chi connectivity index (χ0n) is 12.2. The third kappa shape index (κ3) is 5.97. The van der Waals surface area contributed by atoms with E-state index in [1.54, 1.807) is 11.3 Å². The molecule has 0 aliphatic rings. The molecule has 0 fully saturated rings. The number of carboxylic acids is 1. The summed E-state index contributed by atoms with van der Waals surface area (Å²) in [5.74, 6) is -0.804. The molecule has 0 aliphatic carbocycles. The number of hydrogen-bond donors (Lipinski definition) is 1. The van der Waals surface area contributed by atoms with Gasteiger partial charge < -0.3 is 5.11 Å². The second-order valence-corrected chi connectivity index (χ2v) is 6.53. The van der Waals surface area contributed by atoms with Crippen LogP contribution in [0.15, 0.2) is 41.8 Å². The molecule has 0 bridgehead atoms. The van der Waals surface area contributed by atoms with E-state index in [1.807, 2.05) is 40.6 Å². The molecule has 2 rings (SSSR count). The number of carbonyl (C=O) groups is 1. The molecule has 1 aromatic carbocycles. The van der Waals surface area contributed by atoms with Crippen LogP contribution in [0.2, 0.25) is 5.02 Å². The molecule has 0 saturated carbocycles. The predicted molar refractivity (Wildman–Crippen MR) is 94.2 cm³/mol. The Morgan fingerprint density at radius 2 is 2.00 bits per heavy atom. The van der Waals surface area contributed by atoms with Gasteiger partial charge in [-0.05, 0) is 42.5 Å².